The Labute approximate surface area is 203 Å². The Morgan fingerprint density at radius 2 is 1.91 bits per heavy atom. The lowest BCUT2D eigenvalue weighted by molar-refractivity contribution is -0.123. The molecule has 3 aromatic rings. The number of anilines is 2. The number of carbonyl (C=O) groups excluding carboxylic acids is 2. The van der Waals surface area contributed by atoms with Crippen LogP contribution in [0.2, 0.25) is 0 Å². The third kappa shape index (κ3) is 3.87. The molecule has 35 heavy (non-hydrogen) atoms. The summed E-state index contributed by atoms with van der Waals surface area (Å²) in [7, 11) is 1.50. The van der Waals surface area contributed by atoms with Gasteiger partial charge in [-0.1, -0.05) is 12.1 Å². The monoisotopic (exact) mass is 499 g/mol. The fourth-order valence-corrected chi connectivity index (χ4v) is 5.91. The molecule has 0 radical (unpaired) electrons. The predicted octanol–water partition coefficient (Wildman–Crippen LogP) is 5.09. The Morgan fingerprint density at radius 1 is 1.09 bits per heavy atom. The average molecular weight is 500 g/mol. The van der Waals surface area contributed by atoms with E-state index in [4.69, 9.17) is 4.74 Å². The van der Waals surface area contributed by atoms with Crippen molar-refractivity contribution in [1.29, 1.82) is 0 Å². The van der Waals surface area contributed by atoms with Crippen molar-refractivity contribution in [3.05, 3.63) is 89.2 Å². The zero-order valence-electron chi connectivity index (χ0n) is 18.6. The SMILES string of the molecule is COc1ccc2c(c1)[C@@]1(SCCN1C(=O)Nc1cccc(F)c1)C(=O)N2Cc1ccc(F)c(F)c1. The molecule has 1 fully saturated rings. The normalized spacial score (nSPS) is 18.8. The summed E-state index contributed by atoms with van der Waals surface area (Å²) in [6.45, 7) is 0.254. The molecule has 3 amide bonds. The quantitative estimate of drug-likeness (QED) is 0.543. The molecule has 3 aromatic carbocycles. The number of thioether (sulfide) groups is 1. The van der Waals surface area contributed by atoms with Crippen LogP contribution in [0.15, 0.2) is 60.7 Å². The fraction of sp³-hybridized carbons (Fsp3) is 0.200. The molecule has 1 atom stereocenters. The highest BCUT2D eigenvalue weighted by Crippen LogP contribution is 2.55. The lowest BCUT2D eigenvalue weighted by Gasteiger charge is -2.33. The number of amides is 3. The van der Waals surface area contributed by atoms with E-state index in [2.05, 4.69) is 5.32 Å². The molecule has 5 rings (SSSR count). The lowest BCUT2D eigenvalue weighted by atomic mass is 10.1. The number of nitrogens with zero attached hydrogens (tertiary/aromatic N) is 2. The van der Waals surface area contributed by atoms with Crippen LogP contribution in [0.1, 0.15) is 11.1 Å². The van der Waals surface area contributed by atoms with Gasteiger partial charge in [0.2, 0.25) is 0 Å². The third-order valence-corrected chi connectivity index (χ3v) is 7.47. The van der Waals surface area contributed by atoms with Crippen molar-refractivity contribution in [1.82, 2.24) is 4.90 Å². The van der Waals surface area contributed by atoms with Crippen LogP contribution in [0.5, 0.6) is 5.75 Å². The molecule has 0 unspecified atom stereocenters. The van der Waals surface area contributed by atoms with E-state index < -0.39 is 28.4 Å². The summed E-state index contributed by atoms with van der Waals surface area (Å²) in [5, 5.41) is 2.67. The molecule has 2 aliphatic heterocycles. The fourth-order valence-electron chi connectivity index (χ4n) is 4.46. The summed E-state index contributed by atoms with van der Waals surface area (Å²) in [4.78, 5) is 28.8. The second-order valence-corrected chi connectivity index (χ2v) is 9.40. The van der Waals surface area contributed by atoms with Crippen molar-refractivity contribution >= 4 is 35.1 Å². The Kier molecular flexibility index (Phi) is 5.84. The first kappa shape index (κ1) is 23.1. The average Bonchev–Trinajstić information content (AvgIpc) is 3.38. The first-order valence-electron chi connectivity index (χ1n) is 10.8. The number of methoxy groups -OCH3 is 1. The van der Waals surface area contributed by atoms with Gasteiger partial charge in [-0.05, 0) is 54.1 Å². The second kappa shape index (κ2) is 8.84. The van der Waals surface area contributed by atoms with Crippen LogP contribution in [0, 0.1) is 17.5 Å². The van der Waals surface area contributed by atoms with Gasteiger partial charge in [-0.25, -0.2) is 18.0 Å². The first-order valence-corrected chi connectivity index (χ1v) is 11.7. The van der Waals surface area contributed by atoms with E-state index in [1.54, 1.807) is 24.3 Å². The molecule has 2 heterocycles. The topological polar surface area (TPSA) is 61.9 Å². The van der Waals surface area contributed by atoms with E-state index in [0.717, 1.165) is 12.1 Å². The summed E-state index contributed by atoms with van der Waals surface area (Å²) < 4.78 is 46.3. The van der Waals surface area contributed by atoms with Crippen LogP contribution in [-0.2, 0) is 16.2 Å². The smallest absolute Gasteiger partial charge is 0.323 e. The number of urea groups is 1. The molecule has 0 saturated carbocycles. The predicted molar refractivity (Wildman–Crippen MR) is 127 cm³/mol. The van der Waals surface area contributed by atoms with Gasteiger partial charge in [0.25, 0.3) is 5.91 Å². The van der Waals surface area contributed by atoms with E-state index in [0.29, 0.717) is 28.3 Å². The van der Waals surface area contributed by atoms with E-state index in [9.17, 15) is 22.8 Å². The largest absolute Gasteiger partial charge is 0.497 e. The van der Waals surface area contributed by atoms with Gasteiger partial charge < -0.3 is 15.0 Å². The number of nitrogens with one attached hydrogen (secondary N) is 1. The maximum absolute atomic E-state index is 14.0. The molecule has 180 valence electrons. The van der Waals surface area contributed by atoms with Gasteiger partial charge in [-0.15, -0.1) is 11.8 Å². The minimum Gasteiger partial charge on any atom is -0.497 e. The Hall–Kier alpha value is -3.66. The van der Waals surface area contributed by atoms with Crippen LogP contribution in [0.25, 0.3) is 0 Å². The standard InChI is InChI=1S/C25H20F3N3O3S/c1-34-18-6-8-22-19(13-18)25(23(32)30(22)14-15-5-7-20(27)21(28)11-15)31(9-10-35-25)24(33)29-17-4-2-3-16(26)12-17/h2-8,11-13H,9-10,14H2,1H3,(H,29,33)/t25-/m1/s1. The first-order chi connectivity index (χ1) is 16.8. The van der Waals surface area contributed by atoms with Crippen molar-refractivity contribution < 1.29 is 27.5 Å². The number of halogens is 3. The highest BCUT2D eigenvalue weighted by molar-refractivity contribution is 8.01. The zero-order valence-corrected chi connectivity index (χ0v) is 19.4. The second-order valence-electron chi connectivity index (χ2n) is 8.11. The molecule has 0 aromatic heterocycles. The number of hydrogen-bond acceptors (Lipinski definition) is 4. The summed E-state index contributed by atoms with van der Waals surface area (Å²) >= 11 is 1.30. The van der Waals surface area contributed by atoms with Crippen LogP contribution < -0.4 is 15.0 Å². The number of benzene rings is 3. The molecule has 1 spiro atoms. The molecule has 10 heteroatoms. The summed E-state index contributed by atoms with van der Waals surface area (Å²) in [5.74, 6) is -1.89. The van der Waals surface area contributed by atoms with E-state index >= 15 is 0 Å². The summed E-state index contributed by atoms with van der Waals surface area (Å²) in [5.41, 5.74) is 1.76. The zero-order chi connectivity index (χ0) is 24.7. The van der Waals surface area contributed by atoms with Crippen molar-refractivity contribution in [2.24, 2.45) is 0 Å². The number of rotatable bonds is 4. The minimum absolute atomic E-state index is 0.0168. The highest BCUT2D eigenvalue weighted by Gasteiger charge is 2.59. The number of ether oxygens (including phenoxy) is 1. The maximum atomic E-state index is 14.0. The Bertz CT molecular complexity index is 1340. The van der Waals surface area contributed by atoms with Crippen LogP contribution in [-0.4, -0.2) is 36.2 Å². The molecular formula is C25H20F3N3O3S. The van der Waals surface area contributed by atoms with Crippen LogP contribution in [0.3, 0.4) is 0 Å². The van der Waals surface area contributed by atoms with Gasteiger partial charge in [0.15, 0.2) is 16.5 Å². The Balaban J connectivity index is 1.55. The van der Waals surface area contributed by atoms with Gasteiger partial charge in [-0.3, -0.25) is 9.69 Å². The van der Waals surface area contributed by atoms with Gasteiger partial charge in [0.1, 0.15) is 11.6 Å². The van der Waals surface area contributed by atoms with Crippen LogP contribution >= 0.6 is 11.8 Å². The van der Waals surface area contributed by atoms with Gasteiger partial charge >= 0.3 is 6.03 Å². The van der Waals surface area contributed by atoms with Gasteiger partial charge in [0.05, 0.1) is 19.3 Å². The summed E-state index contributed by atoms with van der Waals surface area (Å²) in [6.07, 6.45) is 0. The van der Waals surface area contributed by atoms with Gasteiger partial charge in [-0.2, -0.15) is 0 Å². The number of hydrogen-bond donors (Lipinski definition) is 1. The summed E-state index contributed by atoms with van der Waals surface area (Å²) in [6, 6.07) is 13.5. The molecule has 2 aliphatic rings. The van der Waals surface area contributed by atoms with E-state index in [1.165, 1.54) is 52.9 Å². The Morgan fingerprint density at radius 3 is 2.66 bits per heavy atom. The van der Waals surface area contributed by atoms with Crippen molar-refractivity contribution in [3.63, 3.8) is 0 Å². The molecule has 0 bridgehead atoms. The van der Waals surface area contributed by atoms with Crippen molar-refractivity contribution in [3.8, 4) is 5.75 Å². The molecule has 1 saturated heterocycles. The maximum Gasteiger partial charge on any atom is 0.323 e. The number of carbonyl (C=O) groups is 2. The molecule has 6 nitrogen and oxygen atoms in total. The number of fused-ring (bicyclic) bond motifs is 2. The van der Waals surface area contributed by atoms with E-state index in [1.807, 2.05) is 0 Å². The van der Waals surface area contributed by atoms with Gasteiger partial charge in [0, 0.05) is 23.5 Å². The third-order valence-electron chi connectivity index (χ3n) is 6.05. The minimum atomic E-state index is -1.39. The highest BCUT2D eigenvalue weighted by atomic mass is 32.2. The van der Waals surface area contributed by atoms with Crippen molar-refractivity contribution in [2.45, 2.75) is 11.4 Å². The molecule has 1 N–H and O–H groups in total. The van der Waals surface area contributed by atoms with Crippen LogP contribution in [0.4, 0.5) is 29.3 Å². The molecular weight excluding hydrogens is 479 g/mol. The molecule has 0 aliphatic carbocycles. The van der Waals surface area contributed by atoms with Crippen molar-refractivity contribution in [2.75, 3.05) is 29.6 Å². The lowest BCUT2D eigenvalue weighted by Crippen LogP contribution is -2.51. The van der Waals surface area contributed by atoms with E-state index in [-0.39, 0.29) is 24.7 Å².